The monoisotopic (exact) mass is 553 g/mol. The number of benzene rings is 3. The quantitative estimate of drug-likeness (QED) is 0.354. The number of nitrogens with zero attached hydrogens (tertiary/aromatic N) is 2. The Labute approximate surface area is 234 Å². The molecule has 5 rings (SSSR count). The van der Waals surface area contributed by atoms with Crippen molar-refractivity contribution < 1.29 is 22.7 Å². The molecule has 0 aliphatic carbocycles. The summed E-state index contributed by atoms with van der Waals surface area (Å²) in [7, 11) is 2.14. The van der Waals surface area contributed by atoms with Gasteiger partial charge in [-0.2, -0.15) is 13.2 Å². The Morgan fingerprint density at radius 2 is 1.85 bits per heavy atom. The Morgan fingerprint density at radius 3 is 2.62 bits per heavy atom. The normalized spacial score (nSPS) is 22.4. The van der Waals surface area contributed by atoms with Crippen LogP contribution in [0.25, 0.3) is 10.8 Å². The zero-order chi connectivity index (χ0) is 28.1. The minimum Gasteiger partial charge on any atom is -0.493 e. The lowest BCUT2D eigenvalue weighted by Crippen LogP contribution is -2.47. The van der Waals surface area contributed by atoms with Crippen LogP contribution in [0.4, 0.5) is 13.2 Å². The maximum absolute atomic E-state index is 13.3. The number of amides is 1. The molecular weight excluding hydrogens is 515 g/mol. The molecule has 214 valence electrons. The molecule has 3 aromatic rings. The lowest BCUT2D eigenvalue weighted by Gasteiger charge is -2.37. The predicted molar refractivity (Wildman–Crippen MR) is 151 cm³/mol. The second-order valence-electron chi connectivity index (χ2n) is 11.4. The van der Waals surface area contributed by atoms with E-state index in [9.17, 15) is 18.0 Å². The van der Waals surface area contributed by atoms with Crippen molar-refractivity contribution in [2.75, 3.05) is 39.8 Å². The first-order valence-corrected chi connectivity index (χ1v) is 14.2. The van der Waals surface area contributed by atoms with Crippen LogP contribution in [0, 0.1) is 11.8 Å². The lowest BCUT2D eigenvalue weighted by molar-refractivity contribution is -0.137. The van der Waals surface area contributed by atoms with E-state index in [1.165, 1.54) is 35.2 Å². The van der Waals surface area contributed by atoms with Crippen LogP contribution < -0.4 is 10.1 Å². The highest BCUT2D eigenvalue weighted by atomic mass is 19.4. The molecule has 1 unspecified atom stereocenters. The number of halogens is 3. The number of alkyl halides is 3. The van der Waals surface area contributed by atoms with E-state index in [4.69, 9.17) is 4.74 Å². The number of likely N-dealkylation sites (tertiary alicyclic amines) is 2. The van der Waals surface area contributed by atoms with Gasteiger partial charge in [0.1, 0.15) is 5.75 Å². The molecule has 0 saturated carbocycles. The van der Waals surface area contributed by atoms with Gasteiger partial charge in [0, 0.05) is 38.1 Å². The van der Waals surface area contributed by atoms with Gasteiger partial charge in [-0.1, -0.05) is 42.5 Å². The number of hydrogen-bond donors (Lipinski definition) is 1. The van der Waals surface area contributed by atoms with Gasteiger partial charge in [0.05, 0.1) is 18.1 Å². The average Bonchev–Trinajstić information content (AvgIpc) is 3.35. The smallest absolute Gasteiger partial charge is 0.416 e. The maximum atomic E-state index is 13.3. The molecular formula is C32H38F3N3O2. The molecule has 2 saturated heterocycles. The summed E-state index contributed by atoms with van der Waals surface area (Å²) >= 11 is 0. The molecule has 3 atom stereocenters. The molecule has 2 heterocycles. The Bertz CT molecular complexity index is 1300. The molecule has 0 bridgehead atoms. The first-order chi connectivity index (χ1) is 19.2. The summed E-state index contributed by atoms with van der Waals surface area (Å²) in [6.45, 7) is 4.07. The number of nitrogens with one attached hydrogen (secondary N) is 1. The van der Waals surface area contributed by atoms with Gasteiger partial charge in [-0.3, -0.25) is 9.69 Å². The fraction of sp³-hybridized carbons (Fsp3) is 0.469. The largest absolute Gasteiger partial charge is 0.493 e. The fourth-order valence-corrected chi connectivity index (χ4v) is 6.16. The molecule has 5 nitrogen and oxygen atoms in total. The summed E-state index contributed by atoms with van der Waals surface area (Å²) in [5.74, 6) is 0.0576. The number of piperidine rings is 1. The maximum Gasteiger partial charge on any atom is 0.416 e. The van der Waals surface area contributed by atoms with E-state index in [-0.39, 0.29) is 30.1 Å². The van der Waals surface area contributed by atoms with Gasteiger partial charge in [0.2, 0.25) is 5.91 Å². The molecule has 2 fully saturated rings. The van der Waals surface area contributed by atoms with Crippen molar-refractivity contribution in [2.45, 2.75) is 44.4 Å². The Hall–Kier alpha value is -3.10. The van der Waals surface area contributed by atoms with Gasteiger partial charge in [-0.15, -0.1) is 0 Å². The summed E-state index contributed by atoms with van der Waals surface area (Å²) in [4.78, 5) is 17.9. The van der Waals surface area contributed by atoms with Crippen LogP contribution in [0.5, 0.6) is 5.75 Å². The van der Waals surface area contributed by atoms with Crippen molar-refractivity contribution in [1.82, 2.24) is 15.1 Å². The van der Waals surface area contributed by atoms with Crippen LogP contribution in [-0.2, 0) is 17.5 Å². The van der Waals surface area contributed by atoms with E-state index in [0.717, 1.165) is 25.1 Å². The highest BCUT2D eigenvalue weighted by molar-refractivity contribution is 5.83. The Morgan fingerprint density at radius 1 is 1.02 bits per heavy atom. The standard InChI is InChI=1S/C32H38F3N3O2/c1-37-15-5-9-29(37)13-14-36-31(39)27-17-24(22-40-30-10-4-8-28(18-30)32(33,34)35)20-38(21-27)19-23-11-12-25-6-2-3-7-26(25)16-23/h2-4,6-8,10-12,16,18,24,27,29H,5,9,13-15,17,19-22H2,1H3,(H,36,39)/t24-,27+,29?/m0/s1. The molecule has 8 heteroatoms. The van der Waals surface area contributed by atoms with Gasteiger partial charge in [-0.05, 0) is 79.9 Å². The number of rotatable bonds is 9. The number of carbonyl (C=O) groups is 1. The molecule has 2 aliphatic rings. The lowest BCUT2D eigenvalue weighted by atomic mass is 9.88. The van der Waals surface area contributed by atoms with Crippen LogP contribution in [0.15, 0.2) is 66.7 Å². The van der Waals surface area contributed by atoms with Gasteiger partial charge in [-0.25, -0.2) is 0 Å². The summed E-state index contributed by atoms with van der Waals surface area (Å²) in [6.07, 6.45) is -0.461. The number of fused-ring (bicyclic) bond motifs is 1. The molecule has 0 spiro atoms. The first kappa shape index (κ1) is 28.4. The second kappa shape index (κ2) is 12.6. The van der Waals surface area contributed by atoms with Crippen LogP contribution in [0.1, 0.15) is 36.8 Å². The third kappa shape index (κ3) is 7.34. The van der Waals surface area contributed by atoms with Crippen molar-refractivity contribution >= 4 is 16.7 Å². The van der Waals surface area contributed by atoms with Crippen LogP contribution in [0.3, 0.4) is 0 Å². The average molecular weight is 554 g/mol. The van der Waals surface area contributed by atoms with Crippen molar-refractivity contribution in [2.24, 2.45) is 11.8 Å². The van der Waals surface area contributed by atoms with Crippen molar-refractivity contribution in [1.29, 1.82) is 0 Å². The number of ether oxygens (including phenoxy) is 1. The number of carbonyl (C=O) groups excluding carboxylic acids is 1. The molecule has 0 aromatic heterocycles. The summed E-state index contributed by atoms with van der Waals surface area (Å²) in [5.41, 5.74) is 0.443. The second-order valence-corrected chi connectivity index (χ2v) is 11.4. The first-order valence-electron chi connectivity index (χ1n) is 14.2. The van der Waals surface area contributed by atoms with Gasteiger partial charge < -0.3 is 15.0 Å². The number of hydrogen-bond acceptors (Lipinski definition) is 4. The van der Waals surface area contributed by atoms with Crippen LogP contribution >= 0.6 is 0 Å². The Balaban J connectivity index is 1.25. The summed E-state index contributed by atoms with van der Waals surface area (Å²) < 4.78 is 45.4. The van der Waals surface area contributed by atoms with E-state index >= 15 is 0 Å². The van der Waals surface area contributed by atoms with Crippen molar-refractivity contribution in [3.8, 4) is 5.75 Å². The van der Waals surface area contributed by atoms with Crippen molar-refractivity contribution in [3.05, 3.63) is 77.9 Å². The summed E-state index contributed by atoms with van der Waals surface area (Å²) in [6, 6.07) is 20.2. The highest BCUT2D eigenvalue weighted by Gasteiger charge is 2.33. The zero-order valence-corrected chi connectivity index (χ0v) is 23.0. The third-order valence-electron chi connectivity index (χ3n) is 8.30. The van der Waals surface area contributed by atoms with Gasteiger partial charge in [0.15, 0.2) is 0 Å². The molecule has 0 radical (unpaired) electrons. The van der Waals surface area contributed by atoms with Crippen LogP contribution in [-0.4, -0.2) is 61.6 Å². The molecule has 2 aliphatic heterocycles. The third-order valence-corrected chi connectivity index (χ3v) is 8.30. The van der Waals surface area contributed by atoms with Crippen molar-refractivity contribution in [3.63, 3.8) is 0 Å². The minimum absolute atomic E-state index is 0.0143. The highest BCUT2D eigenvalue weighted by Crippen LogP contribution is 2.32. The molecule has 1 N–H and O–H groups in total. The van der Waals surface area contributed by atoms with Crippen LogP contribution in [0.2, 0.25) is 0 Å². The summed E-state index contributed by atoms with van der Waals surface area (Å²) in [5, 5.41) is 5.53. The Kier molecular flexibility index (Phi) is 8.96. The molecule has 1 amide bonds. The topological polar surface area (TPSA) is 44.8 Å². The van der Waals surface area contributed by atoms with Gasteiger partial charge >= 0.3 is 6.18 Å². The van der Waals surface area contributed by atoms with E-state index in [2.05, 4.69) is 52.5 Å². The minimum atomic E-state index is -4.42. The van der Waals surface area contributed by atoms with E-state index < -0.39 is 11.7 Å². The van der Waals surface area contributed by atoms with E-state index in [1.807, 2.05) is 12.1 Å². The van der Waals surface area contributed by atoms with E-state index in [0.29, 0.717) is 38.6 Å². The predicted octanol–water partition coefficient (Wildman–Crippen LogP) is 5.98. The van der Waals surface area contributed by atoms with Gasteiger partial charge in [0.25, 0.3) is 0 Å². The SMILES string of the molecule is CN1CCCC1CCNC(=O)[C@@H]1C[C@H](COc2cccc(C(F)(F)F)c2)CN(Cc2ccc3ccccc3c2)C1. The molecule has 40 heavy (non-hydrogen) atoms. The zero-order valence-electron chi connectivity index (χ0n) is 23.0. The molecule has 3 aromatic carbocycles. The van der Waals surface area contributed by atoms with E-state index in [1.54, 1.807) is 6.07 Å². The fourth-order valence-electron chi connectivity index (χ4n) is 6.16.